The van der Waals surface area contributed by atoms with Gasteiger partial charge < -0.3 is 9.64 Å². The summed E-state index contributed by atoms with van der Waals surface area (Å²) in [5.74, 6) is 1.02. The molecule has 0 atom stereocenters. The summed E-state index contributed by atoms with van der Waals surface area (Å²) in [4.78, 5) is 13.9. The lowest BCUT2D eigenvalue weighted by Crippen LogP contribution is -2.26. The number of hydrogen-bond donors (Lipinski definition) is 0. The second kappa shape index (κ2) is 8.19. The minimum absolute atomic E-state index is 0.108. The topological polar surface area (TPSA) is 29.5 Å². The molecule has 0 unspecified atom stereocenters. The fraction of sp³-hybridized carbons (Fsp3) is 0.409. The summed E-state index contributed by atoms with van der Waals surface area (Å²) in [6.07, 6.45) is 1.40. The molecular weight excluding hydrogens is 310 g/mol. The molecule has 3 nitrogen and oxygen atoms in total. The molecule has 0 saturated heterocycles. The van der Waals surface area contributed by atoms with Crippen molar-refractivity contribution < 1.29 is 9.53 Å². The van der Waals surface area contributed by atoms with E-state index in [0.717, 1.165) is 29.0 Å². The van der Waals surface area contributed by atoms with Crippen LogP contribution >= 0.6 is 0 Å². The van der Waals surface area contributed by atoms with Crippen LogP contribution < -0.4 is 9.64 Å². The third kappa shape index (κ3) is 4.22. The number of benzene rings is 2. The fourth-order valence-electron chi connectivity index (χ4n) is 3.04. The smallest absolute Gasteiger partial charge is 0.226 e. The van der Waals surface area contributed by atoms with Gasteiger partial charge in [-0.15, -0.1) is 0 Å². The zero-order valence-electron chi connectivity index (χ0n) is 16.3. The normalized spacial score (nSPS) is 10.6. The first-order chi connectivity index (χ1) is 11.9. The van der Waals surface area contributed by atoms with Crippen LogP contribution in [0.5, 0.6) is 5.75 Å². The second-order valence-corrected chi connectivity index (χ2v) is 6.57. The van der Waals surface area contributed by atoms with Gasteiger partial charge in [-0.25, -0.2) is 0 Å². The molecule has 0 heterocycles. The van der Waals surface area contributed by atoms with Crippen LogP contribution in [0.3, 0.4) is 0 Å². The van der Waals surface area contributed by atoms with Crippen molar-refractivity contribution >= 4 is 11.6 Å². The molecule has 0 fully saturated rings. The fourth-order valence-corrected chi connectivity index (χ4v) is 3.04. The minimum Gasteiger partial charge on any atom is -0.489 e. The van der Waals surface area contributed by atoms with Gasteiger partial charge in [-0.2, -0.15) is 0 Å². The van der Waals surface area contributed by atoms with E-state index in [2.05, 4.69) is 45.9 Å². The van der Waals surface area contributed by atoms with E-state index in [1.165, 1.54) is 16.7 Å². The van der Waals surface area contributed by atoms with Gasteiger partial charge in [0.1, 0.15) is 12.4 Å². The van der Waals surface area contributed by atoms with Crippen LogP contribution in [-0.2, 0) is 17.8 Å². The predicted molar refractivity (Wildman–Crippen MR) is 105 cm³/mol. The van der Waals surface area contributed by atoms with E-state index in [1.54, 1.807) is 4.90 Å². The lowest BCUT2D eigenvalue weighted by Gasteiger charge is -2.23. The monoisotopic (exact) mass is 339 g/mol. The van der Waals surface area contributed by atoms with Crippen LogP contribution in [0.2, 0.25) is 0 Å². The number of rotatable bonds is 6. The van der Waals surface area contributed by atoms with Crippen molar-refractivity contribution in [3.63, 3.8) is 0 Å². The number of ether oxygens (including phenoxy) is 1. The maximum atomic E-state index is 12.2. The van der Waals surface area contributed by atoms with Gasteiger partial charge in [-0.3, -0.25) is 4.79 Å². The Morgan fingerprint density at radius 3 is 2.36 bits per heavy atom. The number of carbonyl (C=O) groups excluding carboxylic acids is 1. The Morgan fingerprint density at radius 1 is 1.04 bits per heavy atom. The third-order valence-corrected chi connectivity index (χ3v) is 4.83. The number of nitrogens with zero attached hydrogens (tertiary/aromatic N) is 1. The van der Waals surface area contributed by atoms with E-state index in [4.69, 9.17) is 4.74 Å². The Bertz CT molecular complexity index is 765. The molecule has 0 aliphatic heterocycles. The zero-order valence-corrected chi connectivity index (χ0v) is 16.3. The molecule has 134 valence electrons. The minimum atomic E-state index is 0.108. The predicted octanol–water partition coefficient (Wildman–Crippen LogP) is 5.13. The molecule has 2 rings (SSSR count). The Morgan fingerprint density at radius 2 is 1.72 bits per heavy atom. The molecule has 25 heavy (non-hydrogen) atoms. The Kier molecular flexibility index (Phi) is 6.24. The van der Waals surface area contributed by atoms with Crippen molar-refractivity contribution in [2.24, 2.45) is 0 Å². The largest absolute Gasteiger partial charge is 0.489 e. The SMILES string of the molecule is CCC(=O)N(C)c1cccc(CC)c1COc1cc(C)c(C)cc1C. The quantitative estimate of drug-likeness (QED) is 0.730. The van der Waals surface area contributed by atoms with Gasteiger partial charge in [-0.1, -0.05) is 32.0 Å². The van der Waals surface area contributed by atoms with Gasteiger partial charge in [-0.05, 0) is 61.6 Å². The van der Waals surface area contributed by atoms with E-state index in [0.29, 0.717) is 13.0 Å². The first-order valence-electron chi connectivity index (χ1n) is 8.96. The Hall–Kier alpha value is -2.29. The summed E-state index contributed by atoms with van der Waals surface area (Å²) in [7, 11) is 1.84. The summed E-state index contributed by atoms with van der Waals surface area (Å²) in [6.45, 7) is 10.8. The highest BCUT2D eigenvalue weighted by Crippen LogP contribution is 2.28. The highest BCUT2D eigenvalue weighted by molar-refractivity contribution is 5.93. The average Bonchev–Trinajstić information content (AvgIpc) is 2.61. The summed E-state index contributed by atoms with van der Waals surface area (Å²) in [5.41, 5.74) is 6.88. The van der Waals surface area contributed by atoms with E-state index in [-0.39, 0.29) is 5.91 Å². The molecule has 0 aromatic heterocycles. The average molecular weight is 339 g/mol. The molecule has 1 amide bonds. The number of hydrogen-bond acceptors (Lipinski definition) is 2. The van der Waals surface area contributed by atoms with Crippen molar-refractivity contribution in [3.8, 4) is 5.75 Å². The summed E-state index contributed by atoms with van der Waals surface area (Å²) < 4.78 is 6.17. The summed E-state index contributed by atoms with van der Waals surface area (Å²) in [6, 6.07) is 10.4. The van der Waals surface area contributed by atoms with Gasteiger partial charge in [0.05, 0.1) is 5.69 Å². The first-order valence-corrected chi connectivity index (χ1v) is 8.96. The first kappa shape index (κ1) is 19.0. The number of aryl methyl sites for hydroxylation is 4. The molecular formula is C22H29NO2. The van der Waals surface area contributed by atoms with Crippen LogP contribution in [-0.4, -0.2) is 13.0 Å². The molecule has 0 saturated carbocycles. The van der Waals surface area contributed by atoms with Crippen molar-refractivity contribution in [3.05, 3.63) is 58.1 Å². The van der Waals surface area contributed by atoms with E-state index in [1.807, 2.05) is 26.1 Å². The van der Waals surface area contributed by atoms with Gasteiger partial charge in [0.15, 0.2) is 0 Å². The second-order valence-electron chi connectivity index (χ2n) is 6.57. The number of anilines is 1. The molecule has 0 bridgehead atoms. The van der Waals surface area contributed by atoms with E-state index < -0.39 is 0 Å². The van der Waals surface area contributed by atoms with Crippen molar-refractivity contribution in [1.29, 1.82) is 0 Å². The molecule has 0 aliphatic rings. The van der Waals surface area contributed by atoms with Gasteiger partial charge in [0.2, 0.25) is 5.91 Å². The van der Waals surface area contributed by atoms with Gasteiger partial charge >= 0.3 is 0 Å². The highest BCUT2D eigenvalue weighted by atomic mass is 16.5. The molecule has 2 aromatic carbocycles. The zero-order chi connectivity index (χ0) is 18.6. The molecule has 2 aromatic rings. The van der Waals surface area contributed by atoms with Gasteiger partial charge in [0, 0.05) is 19.0 Å². The van der Waals surface area contributed by atoms with Crippen LogP contribution in [0.25, 0.3) is 0 Å². The lowest BCUT2D eigenvalue weighted by molar-refractivity contribution is -0.118. The summed E-state index contributed by atoms with van der Waals surface area (Å²) in [5, 5.41) is 0. The Labute approximate surface area is 151 Å². The van der Waals surface area contributed by atoms with Crippen molar-refractivity contribution in [2.75, 3.05) is 11.9 Å². The molecule has 0 N–H and O–H groups in total. The highest BCUT2D eigenvalue weighted by Gasteiger charge is 2.16. The van der Waals surface area contributed by atoms with Crippen LogP contribution in [0.1, 0.15) is 48.1 Å². The molecule has 3 heteroatoms. The number of carbonyl (C=O) groups is 1. The standard InChI is InChI=1S/C22H29NO2/c1-7-18-10-9-11-20(23(6)22(24)8-2)19(18)14-25-21-13-16(4)15(3)12-17(21)5/h9-13H,7-8,14H2,1-6H3. The maximum Gasteiger partial charge on any atom is 0.226 e. The van der Waals surface area contributed by atoms with Crippen LogP contribution in [0, 0.1) is 20.8 Å². The van der Waals surface area contributed by atoms with Crippen molar-refractivity contribution in [1.82, 2.24) is 0 Å². The van der Waals surface area contributed by atoms with Crippen LogP contribution in [0.15, 0.2) is 30.3 Å². The van der Waals surface area contributed by atoms with Crippen molar-refractivity contribution in [2.45, 2.75) is 54.1 Å². The van der Waals surface area contributed by atoms with Crippen LogP contribution in [0.4, 0.5) is 5.69 Å². The molecule has 0 aliphatic carbocycles. The van der Waals surface area contributed by atoms with E-state index >= 15 is 0 Å². The Balaban J connectivity index is 2.35. The lowest BCUT2D eigenvalue weighted by atomic mass is 10.0. The molecule has 0 radical (unpaired) electrons. The summed E-state index contributed by atoms with van der Waals surface area (Å²) >= 11 is 0. The third-order valence-electron chi connectivity index (χ3n) is 4.83. The van der Waals surface area contributed by atoms with Gasteiger partial charge in [0.25, 0.3) is 0 Å². The molecule has 0 spiro atoms. The maximum absolute atomic E-state index is 12.2. The van der Waals surface area contributed by atoms with E-state index in [9.17, 15) is 4.79 Å². The number of amides is 1.